The summed E-state index contributed by atoms with van der Waals surface area (Å²) >= 11 is 0. The van der Waals surface area contributed by atoms with Crippen LogP contribution >= 0.6 is 12.4 Å². The van der Waals surface area contributed by atoms with Gasteiger partial charge in [-0.1, -0.05) is 6.07 Å². The van der Waals surface area contributed by atoms with Crippen LogP contribution in [0.5, 0.6) is 0 Å². The first kappa shape index (κ1) is 16.9. The number of benzene rings is 1. The van der Waals surface area contributed by atoms with Crippen LogP contribution < -0.4 is 10.6 Å². The van der Waals surface area contributed by atoms with Crippen molar-refractivity contribution >= 4 is 18.3 Å². The van der Waals surface area contributed by atoms with E-state index in [4.69, 9.17) is 0 Å². The molecule has 1 aliphatic rings. The van der Waals surface area contributed by atoms with E-state index in [1.165, 1.54) is 6.07 Å². The molecular formula is C14H19ClF2N2O. The first-order valence-corrected chi connectivity index (χ1v) is 6.39. The molecule has 1 aliphatic heterocycles. The van der Waals surface area contributed by atoms with Gasteiger partial charge in [-0.2, -0.15) is 0 Å². The maximum Gasteiger partial charge on any atom is 0.227 e. The van der Waals surface area contributed by atoms with Gasteiger partial charge in [-0.25, -0.2) is 8.78 Å². The van der Waals surface area contributed by atoms with Gasteiger partial charge in [-0.15, -0.1) is 12.4 Å². The van der Waals surface area contributed by atoms with E-state index in [1.807, 2.05) is 6.92 Å². The Morgan fingerprint density at radius 1 is 1.40 bits per heavy atom. The van der Waals surface area contributed by atoms with E-state index < -0.39 is 17.0 Å². The summed E-state index contributed by atoms with van der Waals surface area (Å²) in [5.74, 6) is -1.84. The maximum atomic E-state index is 13.2. The molecular weight excluding hydrogens is 286 g/mol. The summed E-state index contributed by atoms with van der Waals surface area (Å²) in [5, 5.41) is 6.01. The highest BCUT2D eigenvalue weighted by molar-refractivity contribution is 5.85. The van der Waals surface area contributed by atoms with Crippen molar-refractivity contribution in [1.82, 2.24) is 10.6 Å². The molecule has 1 saturated heterocycles. The second-order valence-electron chi connectivity index (χ2n) is 5.36. The number of halogens is 3. The van der Waals surface area contributed by atoms with Gasteiger partial charge in [0, 0.05) is 6.54 Å². The molecule has 0 aliphatic carbocycles. The highest BCUT2D eigenvalue weighted by Gasteiger charge is 2.36. The molecule has 2 rings (SSSR count). The minimum absolute atomic E-state index is 0. The lowest BCUT2D eigenvalue weighted by molar-refractivity contribution is -0.129. The highest BCUT2D eigenvalue weighted by Crippen LogP contribution is 2.26. The molecule has 2 atom stereocenters. The zero-order chi connectivity index (χ0) is 14.0. The second-order valence-corrected chi connectivity index (χ2v) is 5.36. The third-order valence-corrected chi connectivity index (χ3v) is 3.71. The van der Waals surface area contributed by atoms with Gasteiger partial charge in [0.15, 0.2) is 11.6 Å². The number of rotatable bonds is 3. The van der Waals surface area contributed by atoms with Gasteiger partial charge in [0.2, 0.25) is 5.91 Å². The van der Waals surface area contributed by atoms with Gasteiger partial charge in [0.25, 0.3) is 0 Å². The topological polar surface area (TPSA) is 41.1 Å². The monoisotopic (exact) mass is 304 g/mol. The number of carbonyl (C=O) groups is 1. The summed E-state index contributed by atoms with van der Waals surface area (Å²) in [7, 11) is 0. The molecule has 6 heteroatoms. The SMILES string of the molecule is CC(NC(=O)C1(C)CCNC1)c1ccc(F)c(F)c1.Cl. The molecule has 112 valence electrons. The number of amides is 1. The third-order valence-electron chi connectivity index (χ3n) is 3.71. The molecule has 1 heterocycles. The summed E-state index contributed by atoms with van der Waals surface area (Å²) in [6.45, 7) is 5.13. The minimum Gasteiger partial charge on any atom is -0.349 e. The van der Waals surface area contributed by atoms with E-state index in [1.54, 1.807) is 6.92 Å². The number of nitrogens with one attached hydrogen (secondary N) is 2. The lowest BCUT2D eigenvalue weighted by Gasteiger charge is -2.24. The molecule has 0 saturated carbocycles. The van der Waals surface area contributed by atoms with Crippen LogP contribution in [-0.4, -0.2) is 19.0 Å². The molecule has 0 bridgehead atoms. The average Bonchev–Trinajstić information content (AvgIpc) is 2.81. The van der Waals surface area contributed by atoms with Gasteiger partial charge >= 0.3 is 0 Å². The van der Waals surface area contributed by atoms with Crippen LogP contribution in [0.1, 0.15) is 31.9 Å². The van der Waals surface area contributed by atoms with E-state index in [0.717, 1.165) is 25.1 Å². The fourth-order valence-corrected chi connectivity index (χ4v) is 2.25. The largest absolute Gasteiger partial charge is 0.349 e. The molecule has 20 heavy (non-hydrogen) atoms. The van der Waals surface area contributed by atoms with Crippen LogP contribution in [0.15, 0.2) is 18.2 Å². The van der Waals surface area contributed by atoms with Crippen LogP contribution in [-0.2, 0) is 4.79 Å². The number of hydrogen-bond acceptors (Lipinski definition) is 2. The van der Waals surface area contributed by atoms with Crippen LogP contribution in [0.4, 0.5) is 8.78 Å². The van der Waals surface area contributed by atoms with Gasteiger partial charge in [-0.05, 0) is 44.5 Å². The van der Waals surface area contributed by atoms with E-state index in [9.17, 15) is 13.6 Å². The molecule has 2 N–H and O–H groups in total. The normalized spacial score (nSPS) is 23.0. The molecule has 1 amide bonds. The molecule has 1 fully saturated rings. The average molecular weight is 305 g/mol. The zero-order valence-corrected chi connectivity index (χ0v) is 12.3. The van der Waals surface area contributed by atoms with Crippen LogP contribution in [0.2, 0.25) is 0 Å². The van der Waals surface area contributed by atoms with Crippen molar-refractivity contribution in [2.75, 3.05) is 13.1 Å². The second kappa shape index (κ2) is 6.50. The number of carbonyl (C=O) groups excluding carboxylic acids is 1. The Labute approximate surface area is 123 Å². The molecule has 0 radical (unpaired) electrons. The zero-order valence-electron chi connectivity index (χ0n) is 11.5. The van der Waals surface area contributed by atoms with Crippen molar-refractivity contribution in [2.45, 2.75) is 26.3 Å². The van der Waals surface area contributed by atoms with E-state index >= 15 is 0 Å². The summed E-state index contributed by atoms with van der Waals surface area (Å²) in [6, 6.07) is 3.33. The quantitative estimate of drug-likeness (QED) is 0.901. The Bertz CT molecular complexity index is 490. The minimum atomic E-state index is -0.896. The van der Waals surface area contributed by atoms with Gasteiger partial charge in [0.1, 0.15) is 0 Å². The van der Waals surface area contributed by atoms with Gasteiger partial charge < -0.3 is 10.6 Å². The van der Waals surface area contributed by atoms with Crippen LogP contribution in [0.3, 0.4) is 0 Å². The first-order valence-electron chi connectivity index (χ1n) is 6.39. The molecule has 3 nitrogen and oxygen atoms in total. The van der Waals surface area contributed by atoms with Crippen molar-refractivity contribution in [2.24, 2.45) is 5.41 Å². The fraction of sp³-hybridized carbons (Fsp3) is 0.500. The van der Waals surface area contributed by atoms with Crippen molar-refractivity contribution in [3.05, 3.63) is 35.4 Å². The molecule has 0 spiro atoms. The first-order chi connectivity index (χ1) is 8.92. The van der Waals surface area contributed by atoms with Crippen molar-refractivity contribution in [1.29, 1.82) is 0 Å². The summed E-state index contributed by atoms with van der Waals surface area (Å²) < 4.78 is 26.0. The molecule has 0 aromatic heterocycles. The van der Waals surface area contributed by atoms with E-state index in [2.05, 4.69) is 10.6 Å². The van der Waals surface area contributed by atoms with Crippen molar-refractivity contribution in [3.8, 4) is 0 Å². The van der Waals surface area contributed by atoms with Crippen LogP contribution in [0, 0.1) is 17.0 Å². The van der Waals surface area contributed by atoms with E-state index in [-0.39, 0.29) is 24.4 Å². The standard InChI is InChI=1S/C14H18F2N2O.ClH/c1-9(10-3-4-11(15)12(16)7-10)18-13(19)14(2)5-6-17-8-14;/h3-4,7,9,17H,5-6,8H2,1-2H3,(H,18,19);1H. The summed E-state index contributed by atoms with van der Waals surface area (Å²) in [4.78, 5) is 12.2. The highest BCUT2D eigenvalue weighted by atomic mass is 35.5. The van der Waals surface area contributed by atoms with Crippen LogP contribution in [0.25, 0.3) is 0 Å². The van der Waals surface area contributed by atoms with Crippen molar-refractivity contribution < 1.29 is 13.6 Å². The Morgan fingerprint density at radius 3 is 2.65 bits per heavy atom. The summed E-state index contributed by atoms with van der Waals surface area (Å²) in [5.41, 5.74) is 0.133. The van der Waals surface area contributed by atoms with Gasteiger partial charge in [0.05, 0.1) is 11.5 Å². The molecule has 1 aromatic carbocycles. The predicted molar refractivity (Wildman–Crippen MR) is 75.8 cm³/mol. The lowest BCUT2D eigenvalue weighted by Crippen LogP contribution is -2.41. The van der Waals surface area contributed by atoms with Crippen molar-refractivity contribution in [3.63, 3.8) is 0 Å². The predicted octanol–water partition coefficient (Wildman–Crippen LogP) is 2.56. The van der Waals surface area contributed by atoms with Gasteiger partial charge in [-0.3, -0.25) is 4.79 Å². The smallest absolute Gasteiger partial charge is 0.227 e. The Kier molecular flexibility index (Phi) is 5.48. The Hall–Kier alpha value is -1.20. The molecule has 2 unspecified atom stereocenters. The third kappa shape index (κ3) is 3.46. The Morgan fingerprint density at radius 2 is 2.10 bits per heavy atom. The fourth-order valence-electron chi connectivity index (χ4n) is 2.25. The van der Waals surface area contributed by atoms with E-state index in [0.29, 0.717) is 12.1 Å². The number of hydrogen-bond donors (Lipinski definition) is 2. The Balaban J connectivity index is 0.00000200. The maximum absolute atomic E-state index is 13.2. The summed E-state index contributed by atoms with van der Waals surface area (Å²) in [6.07, 6.45) is 0.781. The molecule has 1 aromatic rings. The lowest BCUT2D eigenvalue weighted by atomic mass is 9.88.